The van der Waals surface area contributed by atoms with E-state index >= 15 is 0 Å². The van der Waals surface area contributed by atoms with Crippen LogP contribution in [-0.4, -0.2) is 23.5 Å². The van der Waals surface area contributed by atoms with Crippen molar-refractivity contribution in [1.29, 1.82) is 0 Å². The predicted molar refractivity (Wildman–Crippen MR) is 99.0 cm³/mol. The highest BCUT2D eigenvalue weighted by atomic mass is 15.2. The van der Waals surface area contributed by atoms with E-state index in [4.69, 9.17) is 4.98 Å². The second-order valence-corrected chi connectivity index (χ2v) is 6.52. The van der Waals surface area contributed by atoms with E-state index in [1.54, 1.807) is 0 Å². The molecule has 0 spiro atoms. The zero-order valence-electron chi connectivity index (χ0n) is 14.9. The van der Waals surface area contributed by atoms with Gasteiger partial charge in [0, 0.05) is 26.0 Å². The molecule has 0 saturated carbocycles. The number of rotatable bonds is 4. The first-order valence-electron chi connectivity index (χ1n) is 8.13. The van der Waals surface area contributed by atoms with Crippen LogP contribution in [0.25, 0.3) is 5.65 Å². The number of fused-ring (bicyclic) bond motifs is 1. The maximum absolute atomic E-state index is 4.73. The summed E-state index contributed by atoms with van der Waals surface area (Å²) in [5, 5.41) is 8.91. The van der Waals surface area contributed by atoms with Crippen LogP contribution >= 0.6 is 0 Å². The molecule has 2 aromatic heterocycles. The number of hydrogen-bond donors (Lipinski definition) is 0. The van der Waals surface area contributed by atoms with E-state index in [0.717, 1.165) is 28.5 Å². The fourth-order valence-electron chi connectivity index (χ4n) is 2.56. The Hall–Kier alpha value is -2.69. The Morgan fingerprint density at radius 1 is 1.04 bits per heavy atom. The van der Waals surface area contributed by atoms with Crippen LogP contribution in [0.5, 0.6) is 0 Å². The molecule has 2 heterocycles. The van der Waals surface area contributed by atoms with Crippen molar-refractivity contribution in [1.82, 2.24) is 9.38 Å². The molecule has 3 rings (SSSR count). The second-order valence-electron chi connectivity index (χ2n) is 6.52. The highest BCUT2D eigenvalue weighted by Crippen LogP contribution is 2.30. The van der Waals surface area contributed by atoms with Gasteiger partial charge in [-0.3, -0.25) is 4.40 Å². The topological polar surface area (TPSA) is 45.3 Å². The van der Waals surface area contributed by atoms with Crippen molar-refractivity contribution >= 4 is 22.8 Å². The molecule has 0 N–H and O–H groups in total. The van der Waals surface area contributed by atoms with Crippen molar-refractivity contribution in [3.8, 4) is 0 Å². The largest absolute Gasteiger partial charge is 0.378 e. The molecule has 124 valence electrons. The third-order valence-corrected chi connectivity index (χ3v) is 3.96. The van der Waals surface area contributed by atoms with Gasteiger partial charge < -0.3 is 4.90 Å². The summed E-state index contributed by atoms with van der Waals surface area (Å²) < 4.78 is 2.00. The van der Waals surface area contributed by atoms with Crippen LogP contribution in [0.4, 0.5) is 17.2 Å². The highest BCUT2D eigenvalue weighted by molar-refractivity contribution is 5.55. The van der Waals surface area contributed by atoms with Crippen LogP contribution in [0.15, 0.2) is 52.8 Å². The van der Waals surface area contributed by atoms with Crippen LogP contribution in [-0.2, 0) is 0 Å². The molecule has 3 aromatic rings. The Morgan fingerprint density at radius 2 is 1.75 bits per heavy atom. The molecule has 0 unspecified atom stereocenters. The number of azo groups is 1. The summed E-state index contributed by atoms with van der Waals surface area (Å²) >= 11 is 0. The first-order valence-corrected chi connectivity index (χ1v) is 8.13. The number of aryl methyl sites for hydroxylation is 1. The number of nitrogens with zero attached hydrogens (tertiary/aromatic N) is 5. The lowest BCUT2D eigenvalue weighted by atomic mass is 10.1. The highest BCUT2D eigenvalue weighted by Gasteiger charge is 2.15. The number of benzene rings is 1. The predicted octanol–water partition coefficient (Wildman–Crippen LogP) is 5.25. The maximum Gasteiger partial charge on any atom is 0.183 e. The van der Waals surface area contributed by atoms with E-state index < -0.39 is 0 Å². The van der Waals surface area contributed by atoms with Crippen molar-refractivity contribution in [2.45, 2.75) is 26.7 Å². The zero-order chi connectivity index (χ0) is 17.3. The van der Waals surface area contributed by atoms with Gasteiger partial charge in [0.2, 0.25) is 0 Å². The lowest BCUT2D eigenvalue weighted by molar-refractivity contribution is 0.831. The lowest BCUT2D eigenvalue weighted by Gasteiger charge is -2.11. The van der Waals surface area contributed by atoms with Crippen LogP contribution in [0.2, 0.25) is 0 Å². The van der Waals surface area contributed by atoms with Gasteiger partial charge in [-0.25, -0.2) is 4.98 Å². The van der Waals surface area contributed by atoms with Crippen molar-refractivity contribution in [3.05, 3.63) is 53.9 Å². The van der Waals surface area contributed by atoms with Gasteiger partial charge >= 0.3 is 0 Å². The van der Waals surface area contributed by atoms with Gasteiger partial charge in [-0.2, -0.15) is 0 Å². The number of hydrogen-bond acceptors (Lipinski definition) is 4. The lowest BCUT2D eigenvalue weighted by Crippen LogP contribution is -2.07. The minimum absolute atomic E-state index is 0.287. The summed E-state index contributed by atoms with van der Waals surface area (Å²) in [6.07, 6.45) is 2.01. The van der Waals surface area contributed by atoms with Gasteiger partial charge in [-0.15, -0.1) is 10.2 Å². The summed E-state index contributed by atoms with van der Waals surface area (Å²) in [5.41, 5.74) is 5.04. The van der Waals surface area contributed by atoms with Crippen LogP contribution < -0.4 is 4.90 Å². The Kier molecular flexibility index (Phi) is 4.34. The minimum atomic E-state index is 0.287. The van der Waals surface area contributed by atoms with Crippen LogP contribution in [0.3, 0.4) is 0 Å². The minimum Gasteiger partial charge on any atom is -0.378 e. The molecule has 1 aromatic carbocycles. The Labute approximate surface area is 142 Å². The third kappa shape index (κ3) is 3.15. The Bertz CT molecular complexity index is 873. The Balaban J connectivity index is 2.00. The van der Waals surface area contributed by atoms with E-state index in [0.29, 0.717) is 0 Å². The quantitative estimate of drug-likeness (QED) is 0.616. The second kappa shape index (κ2) is 6.43. The molecule has 0 aliphatic carbocycles. The van der Waals surface area contributed by atoms with Crippen LogP contribution in [0, 0.1) is 6.92 Å². The standard InChI is InChI=1S/C19H23N5/c1-13(2)18-19(24-11-10-14(3)12-17(24)20-18)22-21-15-6-8-16(9-7-15)23(4)5/h6-13H,1-5H3. The van der Waals surface area contributed by atoms with Gasteiger partial charge in [0.05, 0.1) is 11.4 Å². The smallest absolute Gasteiger partial charge is 0.183 e. The summed E-state index contributed by atoms with van der Waals surface area (Å²) in [7, 11) is 4.04. The van der Waals surface area contributed by atoms with Gasteiger partial charge in [-0.1, -0.05) is 13.8 Å². The molecule has 24 heavy (non-hydrogen) atoms. The normalized spacial score (nSPS) is 11.8. The van der Waals surface area contributed by atoms with Crippen molar-refractivity contribution in [2.24, 2.45) is 10.2 Å². The molecule has 0 saturated heterocycles. The van der Waals surface area contributed by atoms with Crippen LogP contribution in [0.1, 0.15) is 31.0 Å². The number of aromatic nitrogens is 2. The number of anilines is 1. The molecular formula is C19H23N5. The Morgan fingerprint density at radius 3 is 2.38 bits per heavy atom. The molecule has 0 aliphatic heterocycles. The maximum atomic E-state index is 4.73. The van der Waals surface area contributed by atoms with Crippen molar-refractivity contribution in [2.75, 3.05) is 19.0 Å². The summed E-state index contributed by atoms with van der Waals surface area (Å²) in [4.78, 5) is 6.79. The van der Waals surface area contributed by atoms with E-state index in [1.165, 1.54) is 5.56 Å². The molecule has 0 amide bonds. The molecule has 5 nitrogen and oxygen atoms in total. The summed E-state index contributed by atoms with van der Waals surface area (Å²) in [6, 6.07) is 12.1. The first-order chi connectivity index (χ1) is 11.5. The van der Waals surface area contributed by atoms with Gasteiger partial charge in [0.1, 0.15) is 5.65 Å². The van der Waals surface area contributed by atoms with Gasteiger partial charge in [-0.05, 0) is 54.8 Å². The average molecular weight is 321 g/mol. The molecular weight excluding hydrogens is 298 g/mol. The first kappa shape index (κ1) is 16.2. The van der Waals surface area contributed by atoms with E-state index in [1.807, 2.05) is 49.0 Å². The fraction of sp³-hybridized carbons (Fsp3) is 0.316. The molecule has 0 bridgehead atoms. The van der Waals surface area contributed by atoms with Gasteiger partial charge in [0.15, 0.2) is 5.82 Å². The monoisotopic (exact) mass is 321 g/mol. The number of imidazole rings is 1. The third-order valence-electron chi connectivity index (χ3n) is 3.96. The van der Waals surface area contributed by atoms with E-state index in [-0.39, 0.29) is 5.92 Å². The van der Waals surface area contributed by atoms with Crippen molar-refractivity contribution in [3.63, 3.8) is 0 Å². The molecule has 5 heteroatoms. The molecule has 0 aliphatic rings. The molecule has 0 radical (unpaired) electrons. The fourth-order valence-corrected chi connectivity index (χ4v) is 2.56. The molecule has 0 fully saturated rings. The zero-order valence-corrected chi connectivity index (χ0v) is 14.9. The molecule has 0 atom stereocenters. The van der Waals surface area contributed by atoms with E-state index in [9.17, 15) is 0 Å². The average Bonchev–Trinajstić information content (AvgIpc) is 2.91. The summed E-state index contributed by atoms with van der Waals surface area (Å²) in [5.74, 6) is 1.09. The number of pyridine rings is 1. The summed E-state index contributed by atoms with van der Waals surface area (Å²) in [6.45, 7) is 6.32. The SMILES string of the molecule is Cc1ccn2c(N=Nc3ccc(N(C)C)cc3)c(C(C)C)nc2c1. The van der Waals surface area contributed by atoms with E-state index in [2.05, 4.69) is 48.0 Å². The van der Waals surface area contributed by atoms with Gasteiger partial charge in [0.25, 0.3) is 0 Å². The van der Waals surface area contributed by atoms with Crippen molar-refractivity contribution < 1.29 is 0 Å².